The summed E-state index contributed by atoms with van der Waals surface area (Å²) in [4.78, 5) is 10.1. The molecule has 2 unspecified atom stereocenters. The van der Waals surface area contributed by atoms with E-state index >= 15 is 0 Å². The van der Waals surface area contributed by atoms with Crippen LogP contribution in [0.3, 0.4) is 0 Å². The number of benzene rings is 7. The fraction of sp³-hybridized carbons (Fsp3) is 0.288. The monoisotopic (exact) mass is 935 g/mol. The molecule has 5 nitrogen and oxygen atoms in total. The van der Waals surface area contributed by atoms with E-state index in [0.29, 0.717) is 18.5 Å². The van der Waals surface area contributed by atoms with E-state index in [0.717, 1.165) is 45.1 Å². The van der Waals surface area contributed by atoms with Crippen LogP contribution in [0.5, 0.6) is 11.5 Å². The average molecular weight is 935 g/mol. The first-order valence-electron chi connectivity index (χ1n) is 25.6. The molecular weight excluding hydrogens is 865 g/mol. The van der Waals surface area contributed by atoms with Gasteiger partial charge in [-0.15, -0.1) is 0 Å². The second-order valence-electron chi connectivity index (χ2n) is 22.9. The van der Waals surface area contributed by atoms with Crippen LogP contribution in [0.2, 0.25) is 0 Å². The van der Waals surface area contributed by atoms with Gasteiger partial charge in [0.2, 0.25) is 0 Å². The number of pyridine rings is 1. The van der Waals surface area contributed by atoms with Gasteiger partial charge in [0.25, 0.3) is 0 Å². The van der Waals surface area contributed by atoms with Crippen LogP contribution >= 0.6 is 0 Å². The highest BCUT2D eigenvalue weighted by Crippen LogP contribution is 2.55. The summed E-state index contributed by atoms with van der Waals surface area (Å²) in [5.41, 5.74) is 13.8. The molecule has 0 aliphatic carbocycles. The minimum atomic E-state index is -0.311. The van der Waals surface area contributed by atoms with Crippen molar-refractivity contribution in [3.8, 4) is 17.3 Å². The Hall–Kier alpha value is -7.11. The van der Waals surface area contributed by atoms with E-state index in [2.05, 4.69) is 273 Å². The summed E-state index contributed by atoms with van der Waals surface area (Å²) in [5, 5.41) is 2.35. The van der Waals surface area contributed by atoms with Crippen molar-refractivity contribution in [2.24, 2.45) is 11.8 Å². The predicted octanol–water partition coefficient (Wildman–Crippen LogP) is 17.7. The lowest BCUT2D eigenvalue weighted by Gasteiger charge is -2.43. The molecule has 5 heteroatoms. The lowest BCUT2D eigenvalue weighted by Crippen LogP contribution is -2.37. The van der Waals surface area contributed by atoms with Crippen molar-refractivity contribution in [1.82, 2.24) is 9.55 Å². The lowest BCUT2D eigenvalue weighted by molar-refractivity contribution is 0.393. The van der Waals surface area contributed by atoms with E-state index in [1.807, 2.05) is 6.20 Å². The van der Waals surface area contributed by atoms with Crippen molar-refractivity contribution >= 4 is 44.6 Å². The van der Waals surface area contributed by atoms with Gasteiger partial charge in [0, 0.05) is 45.6 Å². The average Bonchev–Trinajstić information content (AvgIpc) is 3.91. The highest BCUT2D eigenvalue weighted by Gasteiger charge is 2.43. The summed E-state index contributed by atoms with van der Waals surface area (Å²) in [5.74, 6) is 3.06. The van der Waals surface area contributed by atoms with Crippen molar-refractivity contribution in [3.05, 3.63) is 216 Å². The summed E-state index contributed by atoms with van der Waals surface area (Å²) in [6, 6.07) is 64.7. The van der Waals surface area contributed by atoms with Gasteiger partial charge < -0.3 is 14.5 Å². The van der Waals surface area contributed by atoms with Gasteiger partial charge in [-0.3, -0.25) is 4.57 Å². The number of hydrogen-bond acceptors (Lipinski definition) is 4. The SMILES string of the molecule is CC(C)C(C)(c1ccccc1)c1cccc(C(C)(c2ccccc2)C(C)C)c1N1CN(c2cc(Oc3ccc4c5ccccc5n(-c5cc(C(C)(C)C)ccn5)c4c3)cc(C(C)(C)C)c2)c2ccccc21. The Labute approximate surface area is 422 Å². The molecule has 1 aliphatic rings. The normalized spacial score (nSPS) is 14.8. The van der Waals surface area contributed by atoms with E-state index in [1.165, 1.54) is 50.1 Å². The molecule has 0 N–H and O–H groups in total. The number of nitrogens with zero attached hydrogens (tertiary/aromatic N) is 4. The fourth-order valence-electron chi connectivity index (χ4n) is 11.1. The van der Waals surface area contributed by atoms with Gasteiger partial charge in [-0.1, -0.05) is 192 Å². The number of ether oxygens (including phenoxy) is 1. The lowest BCUT2D eigenvalue weighted by atomic mass is 9.63. The van der Waals surface area contributed by atoms with Crippen molar-refractivity contribution in [3.63, 3.8) is 0 Å². The van der Waals surface area contributed by atoms with Crippen LogP contribution < -0.4 is 14.5 Å². The molecule has 0 saturated carbocycles. The van der Waals surface area contributed by atoms with E-state index in [1.54, 1.807) is 0 Å². The third-order valence-electron chi connectivity index (χ3n) is 16.0. The second-order valence-corrected chi connectivity index (χ2v) is 22.9. The van der Waals surface area contributed by atoms with Gasteiger partial charge in [0.15, 0.2) is 0 Å². The number of hydrogen-bond donors (Lipinski definition) is 0. The summed E-state index contributed by atoms with van der Waals surface area (Å²) in [7, 11) is 0. The van der Waals surface area contributed by atoms with E-state index in [-0.39, 0.29) is 21.7 Å². The van der Waals surface area contributed by atoms with Gasteiger partial charge in [-0.05, 0) is 111 Å². The maximum Gasteiger partial charge on any atom is 0.137 e. The van der Waals surface area contributed by atoms with Crippen LogP contribution in [-0.4, -0.2) is 16.2 Å². The molecule has 7 aromatic carbocycles. The van der Waals surface area contributed by atoms with Gasteiger partial charge >= 0.3 is 0 Å². The molecule has 1 aliphatic heterocycles. The topological polar surface area (TPSA) is 33.5 Å². The predicted molar refractivity (Wildman–Crippen MR) is 300 cm³/mol. The zero-order valence-corrected chi connectivity index (χ0v) is 43.9. The van der Waals surface area contributed by atoms with Gasteiger partial charge in [-0.2, -0.15) is 0 Å². The van der Waals surface area contributed by atoms with Crippen LogP contribution in [0.25, 0.3) is 27.6 Å². The Morgan fingerprint density at radius 3 is 1.59 bits per heavy atom. The molecule has 0 amide bonds. The van der Waals surface area contributed by atoms with Crippen LogP contribution in [0.1, 0.15) is 116 Å². The first-order chi connectivity index (χ1) is 33.9. The summed E-state index contributed by atoms with van der Waals surface area (Å²) in [6.07, 6.45) is 1.94. The number of rotatable bonds is 11. The Morgan fingerprint density at radius 2 is 1.00 bits per heavy atom. The minimum absolute atomic E-state index is 0.0211. The third kappa shape index (κ3) is 8.27. The number of anilines is 4. The van der Waals surface area contributed by atoms with E-state index in [4.69, 9.17) is 9.72 Å². The van der Waals surface area contributed by atoms with E-state index < -0.39 is 0 Å². The third-order valence-corrected chi connectivity index (χ3v) is 16.0. The summed E-state index contributed by atoms with van der Waals surface area (Å²) in [6.45, 7) is 28.7. The zero-order valence-electron chi connectivity index (χ0n) is 43.9. The maximum atomic E-state index is 7.09. The quantitative estimate of drug-likeness (QED) is 0.129. The highest BCUT2D eigenvalue weighted by molar-refractivity contribution is 6.09. The molecular formula is C66H70N4O. The Morgan fingerprint density at radius 1 is 0.451 bits per heavy atom. The number of aromatic nitrogens is 2. The van der Waals surface area contributed by atoms with Crippen molar-refractivity contribution < 1.29 is 4.74 Å². The molecule has 0 spiro atoms. The first kappa shape index (κ1) is 47.6. The molecule has 360 valence electrons. The molecule has 0 bridgehead atoms. The minimum Gasteiger partial charge on any atom is -0.457 e. The zero-order chi connectivity index (χ0) is 50.0. The number of fused-ring (bicyclic) bond motifs is 4. The maximum absolute atomic E-state index is 7.09. The Kier molecular flexibility index (Phi) is 12.0. The fourth-order valence-corrected chi connectivity index (χ4v) is 11.1. The van der Waals surface area contributed by atoms with Crippen molar-refractivity contribution in [1.29, 1.82) is 0 Å². The smallest absolute Gasteiger partial charge is 0.137 e. The molecule has 71 heavy (non-hydrogen) atoms. The first-order valence-corrected chi connectivity index (χ1v) is 25.6. The van der Waals surface area contributed by atoms with Gasteiger partial charge in [0.1, 0.15) is 24.0 Å². The molecule has 0 saturated heterocycles. The van der Waals surface area contributed by atoms with Crippen LogP contribution in [-0.2, 0) is 21.7 Å². The second kappa shape index (κ2) is 17.9. The Bertz CT molecular complexity index is 3320. The van der Waals surface area contributed by atoms with Crippen LogP contribution in [0.15, 0.2) is 182 Å². The number of para-hydroxylation sites is 4. The van der Waals surface area contributed by atoms with Crippen molar-refractivity contribution in [2.75, 3.05) is 16.5 Å². The molecule has 2 aromatic heterocycles. The summed E-state index contributed by atoms with van der Waals surface area (Å²) < 4.78 is 9.38. The largest absolute Gasteiger partial charge is 0.457 e. The van der Waals surface area contributed by atoms with Crippen LogP contribution in [0, 0.1) is 11.8 Å². The van der Waals surface area contributed by atoms with E-state index in [9.17, 15) is 0 Å². The molecule has 0 radical (unpaired) electrons. The Balaban J connectivity index is 1.13. The highest BCUT2D eigenvalue weighted by atomic mass is 16.5. The standard InChI is InChI=1S/C66H70N4O/c1-44(2)65(11,46-24-15-13-16-25-46)55-29-23-30-56(66(12,45(3)4)47-26-17-14-18-27-47)62(55)69-43-68(58-32-21-22-33-59(58)69)50-38-49(64(8,9)10)39-52(41-50)71-51-34-35-54-53-28-19-20-31-57(53)70(60(54)42-51)61-40-48(36-37-67-61)63(5,6)7/h13-42,44-45H,43H2,1-12H3. The van der Waals surface area contributed by atoms with Crippen molar-refractivity contribution in [2.45, 2.75) is 105 Å². The molecule has 0 fully saturated rings. The van der Waals surface area contributed by atoms with Gasteiger partial charge in [-0.25, -0.2) is 4.98 Å². The summed E-state index contributed by atoms with van der Waals surface area (Å²) >= 11 is 0. The van der Waals surface area contributed by atoms with Crippen LogP contribution in [0.4, 0.5) is 22.7 Å². The molecule has 3 heterocycles. The molecule has 2 atom stereocenters. The molecule has 10 rings (SSSR count). The molecule has 9 aromatic rings. The van der Waals surface area contributed by atoms with Gasteiger partial charge in [0.05, 0.1) is 28.1 Å².